The number of nitrogens with zero attached hydrogens (tertiary/aromatic N) is 4. The summed E-state index contributed by atoms with van der Waals surface area (Å²) in [7, 11) is 0. The van der Waals surface area contributed by atoms with Crippen molar-refractivity contribution in [3.8, 4) is 23.3 Å². The highest BCUT2D eigenvalue weighted by Crippen LogP contribution is 2.35. The van der Waals surface area contributed by atoms with E-state index in [-0.39, 0.29) is 46.4 Å². The molecule has 8 nitrogen and oxygen atoms in total. The predicted octanol–water partition coefficient (Wildman–Crippen LogP) is 4.59. The Kier molecular flexibility index (Phi) is 7.45. The van der Waals surface area contributed by atoms with Crippen molar-refractivity contribution in [2.45, 2.75) is 12.5 Å². The number of pyridine rings is 1. The third kappa shape index (κ3) is 4.69. The smallest absolute Gasteiger partial charge is 0.280 e. The minimum absolute atomic E-state index is 0. The second-order valence-corrected chi connectivity index (χ2v) is 6.97. The van der Waals surface area contributed by atoms with E-state index in [1.54, 1.807) is 30.3 Å². The van der Waals surface area contributed by atoms with Gasteiger partial charge in [0.05, 0.1) is 21.8 Å². The Morgan fingerprint density at radius 2 is 1.68 bits per heavy atom. The fourth-order valence-electron chi connectivity index (χ4n) is 2.88. The van der Waals surface area contributed by atoms with Crippen molar-refractivity contribution in [3.63, 3.8) is 0 Å². The summed E-state index contributed by atoms with van der Waals surface area (Å²) in [6.07, 6.45) is 0. The van der Waals surface area contributed by atoms with Gasteiger partial charge in [0.2, 0.25) is 0 Å². The molecule has 154 valence electrons. The van der Waals surface area contributed by atoms with Crippen LogP contribution in [0.15, 0.2) is 59.6 Å². The van der Waals surface area contributed by atoms with Gasteiger partial charge in [0.25, 0.3) is 5.69 Å². The average molecular weight is 431 g/mol. The minimum Gasteiger partial charge on any atom is -0.383 e. The van der Waals surface area contributed by atoms with E-state index in [0.717, 1.165) is 11.8 Å². The molecule has 0 aliphatic rings. The average Bonchev–Trinajstić information content (AvgIpc) is 2.77. The molecule has 1 heterocycles. The maximum Gasteiger partial charge on any atom is 0.280 e. The third-order valence-electron chi connectivity index (χ3n) is 4.22. The highest BCUT2D eigenvalue weighted by molar-refractivity contribution is 8.00. The summed E-state index contributed by atoms with van der Waals surface area (Å²) >= 11 is 0.942. The molecule has 0 aliphatic carbocycles. The highest BCUT2D eigenvalue weighted by Gasteiger charge is 2.23. The molecule has 0 saturated carbocycles. The van der Waals surface area contributed by atoms with E-state index in [2.05, 4.69) is 4.98 Å². The van der Waals surface area contributed by atoms with Crippen LogP contribution >= 0.6 is 11.8 Å². The predicted molar refractivity (Wildman–Crippen MR) is 118 cm³/mol. The number of carbonyl (C=O) groups is 1. The maximum absolute atomic E-state index is 12.6. The molecule has 1 aromatic heterocycles. The molecule has 3 aromatic rings. The van der Waals surface area contributed by atoms with Crippen molar-refractivity contribution < 1.29 is 9.72 Å². The van der Waals surface area contributed by atoms with Crippen LogP contribution in [0.1, 0.15) is 28.9 Å². The van der Waals surface area contributed by atoms with Crippen LogP contribution in [0.25, 0.3) is 11.1 Å². The lowest BCUT2D eigenvalue weighted by Crippen LogP contribution is -2.08. The zero-order valence-corrected chi connectivity index (χ0v) is 16.2. The van der Waals surface area contributed by atoms with Crippen LogP contribution in [0.4, 0.5) is 11.5 Å². The second-order valence-electron chi connectivity index (χ2n) is 6.00. The van der Waals surface area contributed by atoms with Gasteiger partial charge in [-0.15, -0.1) is 0 Å². The molecule has 2 aromatic carbocycles. The molecule has 0 aliphatic heterocycles. The first-order valence-corrected chi connectivity index (χ1v) is 9.55. The number of aromatic nitrogens is 1. The first-order valence-electron chi connectivity index (χ1n) is 8.56. The quantitative estimate of drug-likeness (QED) is 0.258. The number of nitro groups is 1. The van der Waals surface area contributed by atoms with E-state index in [4.69, 9.17) is 5.73 Å². The normalized spacial score (nSPS) is 9.74. The number of nitrogen functional groups attached to an aromatic ring is 1. The fourth-order valence-corrected chi connectivity index (χ4v) is 3.75. The van der Waals surface area contributed by atoms with Gasteiger partial charge in [-0.05, 0) is 11.6 Å². The van der Waals surface area contributed by atoms with Crippen molar-refractivity contribution in [2.75, 3.05) is 11.5 Å². The number of Topliss-reactive ketones (excluding diaryl/α,β-unsaturated/α-hetero) is 1. The van der Waals surface area contributed by atoms with Crippen LogP contribution in [-0.4, -0.2) is 21.4 Å². The van der Waals surface area contributed by atoms with Crippen molar-refractivity contribution in [3.05, 3.63) is 81.4 Å². The first kappa shape index (κ1) is 23.1. The van der Waals surface area contributed by atoms with Crippen LogP contribution in [0.5, 0.6) is 0 Å². The van der Waals surface area contributed by atoms with Crippen molar-refractivity contribution in [1.82, 2.24) is 4.98 Å². The Morgan fingerprint density at radius 3 is 2.29 bits per heavy atom. The van der Waals surface area contributed by atoms with Gasteiger partial charge in [-0.2, -0.15) is 10.5 Å². The van der Waals surface area contributed by atoms with E-state index in [9.17, 15) is 25.4 Å². The van der Waals surface area contributed by atoms with Gasteiger partial charge in [0.1, 0.15) is 28.5 Å². The molecule has 31 heavy (non-hydrogen) atoms. The summed E-state index contributed by atoms with van der Waals surface area (Å²) in [5, 5.41) is 30.6. The zero-order valence-electron chi connectivity index (χ0n) is 15.4. The molecular formula is C22H17N5O3S. The van der Waals surface area contributed by atoms with Crippen LogP contribution in [0, 0.1) is 32.8 Å². The van der Waals surface area contributed by atoms with Crippen LogP contribution in [-0.2, 0) is 0 Å². The van der Waals surface area contributed by atoms with Crippen LogP contribution in [0.3, 0.4) is 0 Å². The van der Waals surface area contributed by atoms with E-state index in [1.807, 2.05) is 12.1 Å². The molecule has 0 bridgehead atoms. The Morgan fingerprint density at radius 1 is 1.06 bits per heavy atom. The SMILES string of the molecule is C.N#Cc1c(N)nc(SCC(=O)c2ccccc2[N+](=O)[O-])c(C#N)c1-c1ccccc1. The summed E-state index contributed by atoms with van der Waals surface area (Å²) in [6, 6.07) is 18.5. The molecule has 9 heteroatoms. The minimum atomic E-state index is -0.621. The lowest BCUT2D eigenvalue weighted by Gasteiger charge is -2.12. The molecule has 2 N–H and O–H groups in total. The third-order valence-corrected chi connectivity index (χ3v) is 5.19. The fraction of sp³-hybridized carbons (Fsp3) is 0.0909. The van der Waals surface area contributed by atoms with Gasteiger partial charge in [-0.25, -0.2) is 4.98 Å². The van der Waals surface area contributed by atoms with E-state index >= 15 is 0 Å². The molecule has 3 rings (SSSR count). The zero-order chi connectivity index (χ0) is 21.7. The van der Waals surface area contributed by atoms with E-state index in [1.165, 1.54) is 24.3 Å². The number of anilines is 1. The second kappa shape index (κ2) is 10.0. The largest absolute Gasteiger partial charge is 0.383 e. The number of hydrogen-bond acceptors (Lipinski definition) is 8. The monoisotopic (exact) mass is 431 g/mol. The van der Waals surface area contributed by atoms with Crippen LogP contribution in [0.2, 0.25) is 0 Å². The van der Waals surface area contributed by atoms with Crippen molar-refractivity contribution in [2.24, 2.45) is 0 Å². The van der Waals surface area contributed by atoms with Gasteiger partial charge in [-0.3, -0.25) is 14.9 Å². The topological polar surface area (TPSA) is 147 Å². The number of nitriles is 2. The summed E-state index contributed by atoms with van der Waals surface area (Å²) in [5.74, 6) is -0.732. The van der Waals surface area contributed by atoms with Gasteiger partial charge in [-0.1, -0.05) is 61.7 Å². The Labute approximate surface area is 183 Å². The number of thioether (sulfide) groups is 1. The molecular weight excluding hydrogens is 414 g/mol. The van der Waals surface area contributed by atoms with Gasteiger partial charge >= 0.3 is 0 Å². The summed E-state index contributed by atoms with van der Waals surface area (Å²) in [5.41, 5.74) is 6.78. The number of benzene rings is 2. The lowest BCUT2D eigenvalue weighted by atomic mass is 9.97. The number of nitro benzene ring substituents is 1. The number of carbonyl (C=O) groups excluding carboxylic acids is 1. The highest BCUT2D eigenvalue weighted by atomic mass is 32.2. The first-order chi connectivity index (χ1) is 14.5. The van der Waals surface area contributed by atoms with Gasteiger partial charge in [0.15, 0.2) is 5.78 Å². The van der Waals surface area contributed by atoms with E-state index in [0.29, 0.717) is 11.1 Å². The van der Waals surface area contributed by atoms with Gasteiger partial charge < -0.3 is 5.73 Å². The molecule has 0 amide bonds. The standard InChI is InChI=1S/C21H13N5O3S.CH4/c22-10-15-19(13-6-2-1-3-7-13)16(11-23)21(25-20(15)24)30-12-18(27)14-8-4-5-9-17(14)26(28)29;/h1-9H,12H2,(H2,24,25);1H4. The number of nitrogens with two attached hydrogens (primary N) is 1. The number of para-hydroxylation sites is 1. The Balaban J connectivity index is 0.00000341. The Hall–Kier alpha value is -4.21. The summed E-state index contributed by atoms with van der Waals surface area (Å²) in [4.78, 5) is 27.3. The van der Waals surface area contributed by atoms with E-state index < -0.39 is 10.7 Å². The van der Waals surface area contributed by atoms with Gasteiger partial charge in [0, 0.05) is 11.6 Å². The number of ketones is 1. The summed E-state index contributed by atoms with van der Waals surface area (Å²) < 4.78 is 0. The number of rotatable bonds is 6. The lowest BCUT2D eigenvalue weighted by molar-refractivity contribution is -0.385. The molecule has 0 saturated heterocycles. The van der Waals surface area contributed by atoms with Crippen molar-refractivity contribution in [1.29, 1.82) is 10.5 Å². The summed E-state index contributed by atoms with van der Waals surface area (Å²) in [6.45, 7) is 0. The maximum atomic E-state index is 12.6. The molecule has 0 spiro atoms. The Bertz CT molecular complexity index is 1230. The molecule has 0 atom stereocenters. The molecule has 0 fully saturated rings. The molecule has 0 unspecified atom stereocenters. The van der Waals surface area contributed by atoms with Crippen LogP contribution < -0.4 is 5.73 Å². The molecule has 0 radical (unpaired) electrons. The number of hydrogen-bond donors (Lipinski definition) is 1. The van der Waals surface area contributed by atoms with Crippen molar-refractivity contribution >= 4 is 29.1 Å².